The molecule has 162 valence electrons. The SMILES string of the molecule is CCCC(CCC)CN1C[C@H]2C[C@H](Nc3ccc(-c4ccc(F)cc4)nn3)C[C@H]2C1. The van der Waals surface area contributed by atoms with Gasteiger partial charge in [0.15, 0.2) is 0 Å². The van der Waals surface area contributed by atoms with Gasteiger partial charge in [-0.05, 0) is 79.8 Å². The van der Waals surface area contributed by atoms with Crippen molar-refractivity contribution in [3.8, 4) is 11.3 Å². The molecule has 1 aliphatic heterocycles. The van der Waals surface area contributed by atoms with Crippen LogP contribution in [-0.2, 0) is 0 Å². The number of anilines is 1. The van der Waals surface area contributed by atoms with E-state index in [9.17, 15) is 4.39 Å². The first-order valence-corrected chi connectivity index (χ1v) is 11.7. The number of nitrogens with one attached hydrogen (secondary N) is 1. The Morgan fingerprint density at radius 2 is 1.63 bits per heavy atom. The van der Waals surface area contributed by atoms with Gasteiger partial charge < -0.3 is 10.2 Å². The van der Waals surface area contributed by atoms with Gasteiger partial charge in [-0.2, -0.15) is 0 Å². The molecular formula is C25H35FN4. The summed E-state index contributed by atoms with van der Waals surface area (Å²) in [6.07, 6.45) is 7.81. The molecule has 0 amide bonds. The van der Waals surface area contributed by atoms with E-state index in [1.54, 1.807) is 12.1 Å². The first-order chi connectivity index (χ1) is 14.6. The Morgan fingerprint density at radius 3 is 2.20 bits per heavy atom. The summed E-state index contributed by atoms with van der Waals surface area (Å²) in [4.78, 5) is 2.73. The number of benzene rings is 1. The number of hydrogen-bond acceptors (Lipinski definition) is 4. The van der Waals surface area contributed by atoms with Gasteiger partial charge >= 0.3 is 0 Å². The van der Waals surface area contributed by atoms with Gasteiger partial charge in [-0.25, -0.2) is 4.39 Å². The quantitative estimate of drug-likeness (QED) is 0.582. The Hall–Kier alpha value is -2.01. The van der Waals surface area contributed by atoms with Crippen molar-refractivity contribution >= 4 is 5.82 Å². The minimum Gasteiger partial charge on any atom is -0.366 e. The van der Waals surface area contributed by atoms with Crippen molar-refractivity contribution in [2.24, 2.45) is 17.8 Å². The van der Waals surface area contributed by atoms with Crippen LogP contribution in [0.5, 0.6) is 0 Å². The second-order valence-electron chi connectivity index (χ2n) is 9.31. The van der Waals surface area contributed by atoms with Gasteiger partial charge in [0.05, 0.1) is 5.69 Å². The van der Waals surface area contributed by atoms with Crippen LogP contribution in [0.15, 0.2) is 36.4 Å². The Labute approximate surface area is 180 Å². The van der Waals surface area contributed by atoms with Crippen LogP contribution in [0.4, 0.5) is 10.2 Å². The van der Waals surface area contributed by atoms with E-state index in [0.717, 1.165) is 34.8 Å². The van der Waals surface area contributed by atoms with Crippen LogP contribution in [0.1, 0.15) is 52.4 Å². The van der Waals surface area contributed by atoms with Gasteiger partial charge in [-0.3, -0.25) is 0 Å². The van der Waals surface area contributed by atoms with Crippen molar-refractivity contribution in [1.29, 1.82) is 0 Å². The fraction of sp³-hybridized carbons (Fsp3) is 0.600. The van der Waals surface area contributed by atoms with E-state index in [1.807, 2.05) is 12.1 Å². The van der Waals surface area contributed by atoms with Crippen molar-refractivity contribution < 1.29 is 4.39 Å². The molecule has 30 heavy (non-hydrogen) atoms. The van der Waals surface area contributed by atoms with E-state index in [2.05, 4.69) is 34.3 Å². The molecular weight excluding hydrogens is 375 g/mol. The zero-order chi connectivity index (χ0) is 20.9. The minimum absolute atomic E-state index is 0.235. The highest BCUT2D eigenvalue weighted by atomic mass is 19.1. The van der Waals surface area contributed by atoms with Crippen LogP contribution < -0.4 is 5.32 Å². The Balaban J connectivity index is 1.27. The van der Waals surface area contributed by atoms with Crippen molar-refractivity contribution in [2.75, 3.05) is 25.0 Å². The summed E-state index contributed by atoms with van der Waals surface area (Å²) in [6, 6.07) is 10.8. The molecule has 1 N–H and O–H groups in total. The molecule has 0 unspecified atom stereocenters. The standard InChI is InChI=1S/C25H35FN4/c1-3-5-18(6-4-2)15-30-16-20-13-23(14-21(20)17-30)27-25-12-11-24(28-29-25)19-7-9-22(26)10-8-19/h7-12,18,20-21,23H,3-6,13-17H2,1-2H3,(H,27,29)/t20-,21+,23+. The molecule has 0 spiro atoms. The molecule has 1 aromatic carbocycles. The molecule has 1 aliphatic carbocycles. The van der Waals surface area contributed by atoms with Crippen LogP contribution in [0.2, 0.25) is 0 Å². The Kier molecular flexibility index (Phi) is 6.98. The first kappa shape index (κ1) is 21.2. The van der Waals surface area contributed by atoms with Gasteiger partial charge in [-0.1, -0.05) is 26.7 Å². The fourth-order valence-corrected chi connectivity index (χ4v) is 5.57. The lowest BCUT2D eigenvalue weighted by molar-refractivity contribution is 0.240. The largest absolute Gasteiger partial charge is 0.366 e. The van der Waals surface area contributed by atoms with Crippen molar-refractivity contribution in [1.82, 2.24) is 15.1 Å². The number of nitrogens with zero attached hydrogens (tertiary/aromatic N) is 3. The number of aromatic nitrogens is 2. The highest BCUT2D eigenvalue weighted by Gasteiger charge is 2.41. The summed E-state index contributed by atoms with van der Waals surface area (Å²) in [5.74, 6) is 3.12. The molecule has 4 rings (SSSR count). The van der Waals surface area contributed by atoms with E-state index < -0.39 is 0 Å². The monoisotopic (exact) mass is 410 g/mol. The number of rotatable bonds is 9. The van der Waals surface area contributed by atoms with E-state index in [1.165, 1.54) is 70.3 Å². The topological polar surface area (TPSA) is 41.0 Å². The molecule has 2 heterocycles. The lowest BCUT2D eigenvalue weighted by Crippen LogP contribution is -2.30. The number of fused-ring (bicyclic) bond motifs is 1. The smallest absolute Gasteiger partial charge is 0.148 e. The highest BCUT2D eigenvalue weighted by molar-refractivity contribution is 5.59. The summed E-state index contributed by atoms with van der Waals surface area (Å²) < 4.78 is 13.1. The van der Waals surface area contributed by atoms with Gasteiger partial charge in [0.25, 0.3) is 0 Å². The lowest BCUT2D eigenvalue weighted by atomic mass is 9.97. The third kappa shape index (κ3) is 5.18. The van der Waals surface area contributed by atoms with Gasteiger partial charge in [0, 0.05) is 31.2 Å². The molecule has 1 saturated heterocycles. The maximum absolute atomic E-state index is 13.1. The van der Waals surface area contributed by atoms with Crippen LogP contribution in [-0.4, -0.2) is 40.8 Å². The van der Waals surface area contributed by atoms with Crippen LogP contribution >= 0.6 is 0 Å². The minimum atomic E-state index is -0.235. The van der Waals surface area contributed by atoms with Gasteiger partial charge in [-0.15, -0.1) is 10.2 Å². The normalized spacial score (nSPS) is 23.8. The van der Waals surface area contributed by atoms with E-state index >= 15 is 0 Å². The molecule has 5 heteroatoms. The molecule has 2 aromatic rings. The predicted octanol–water partition coefficient (Wildman–Crippen LogP) is 5.62. The van der Waals surface area contributed by atoms with E-state index in [-0.39, 0.29) is 5.82 Å². The van der Waals surface area contributed by atoms with Gasteiger partial charge in [0.1, 0.15) is 11.6 Å². The number of halogens is 1. The number of likely N-dealkylation sites (tertiary alicyclic amines) is 1. The zero-order valence-electron chi connectivity index (χ0n) is 18.4. The van der Waals surface area contributed by atoms with Gasteiger partial charge in [0.2, 0.25) is 0 Å². The Morgan fingerprint density at radius 1 is 0.967 bits per heavy atom. The maximum atomic E-state index is 13.1. The number of hydrogen-bond donors (Lipinski definition) is 1. The van der Waals surface area contributed by atoms with Crippen LogP contribution in [0.25, 0.3) is 11.3 Å². The van der Waals surface area contributed by atoms with E-state index in [0.29, 0.717) is 6.04 Å². The second-order valence-corrected chi connectivity index (χ2v) is 9.31. The average Bonchev–Trinajstić information content (AvgIpc) is 3.27. The third-order valence-electron chi connectivity index (χ3n) is 6.89. The molecule has 4 nitrogen and oxygen atoms in total. The molecule has 1 aromatic heterocycles. The summed E-state index contributed by atoms with van der Waals surface area (Å²) in [7, 11) is 0. The van der Waals surface area contributed by atoms with Crippen molar-refractivity contribution in [3.63, 3.8) is 0 Å². The van der Waals surface area contributed by atoms with Crippen LogP contribution in [0.3, 0.4) is 0 Å². The maximum Gasteiger partial charge on any atom is 0.148 e. The Bertz CT molecular complexity index is 772. The third-order valence-corrected chi connectivity index (χ3v) is 6.89. The highest BCUT2D eigenvalue weighted by Crippen LogP contribution is 2.39. The van der Waals surface area contributed by atoms with Crippen molar-refractivity contribution in [2.45, 2.75) is 58.4 Å². The summed E-state index contributed by atoms with van der Waals surface area (Å²) >= 11 is 0. The zero-order valence-corrected chi connectivity index (χ0v) is 18.4. The molecule has 3 atom stereocenters. The first-order valence-electron chi connectivity index (χ1n) is 11.7. The fourth-order valence-electron chi connectivity index (χ4n) is 5.57. The molecule has 2 fully saturated rings. The average molecular weight is 411 g/mol. The predicted molar refractivity (Wildman–Crippen MR) is 121 cm³/mol. The summed E-state index contributed by atoms with van der Waals surface area (Å²) in [5, 5.41) is 12.3. The van der Waals surface area contributed by atoms with E-state index in [4.69, 9.17) is 0 Å². The lowest BCUT2D eigenvalue weighted by Gasteiger charge is -2.25. The summed E-state index contributed by atoms with van der Waals surface area (Å²) in [6.45, 7) is 8.45. The second kappa shape index (κ2) is 9.86. The summed E-state index contributed by atoms with van der Waals surface area (Å²) in [5.41, 5.74) is 1.66. The molecule has 0 radical (unpaired) electrons. The van der Waals surface area contributed by atoms with Crippen molar-refractivity contribution in [3.05, 3.63) is 42.2 Å². The molecule has 0 bridgehead atoms. The molecule has 2 aliphatic rings. The van der Waals surface area contributed by atoms with Crippen LogP contribution in [0, 0.1) is 23.6 Å². The molecule has 1 saturated carbocycles.